The third kappa shape index (κ3) is 5.47. The Morgan fingerprint density at radius 1 is 1.13 bits per heavy atom. The van der Waals surface area contributed by atoms with Crippen LogP contribution >= 0.6 is 23.2 Å². The van der Waals surface area contributed by atoms with Gasteiger partial charge in [0, 0.05) is 12.6 Å². The van der Waals surface area contributed by atoms with Crippen molar-refractivity contribution >= 4 is 35.1 Å². The first-order chi connectivity index (χ1) is 14.8. The van der Waals surface area contributed by atoms with E-state index < -0.39 is 17.3 Å². The molecule has 1 atom stereocenters. The number of likely N-dealkylation sites (N-methyl/N-ethyl adjacent to an activating group) is 1. The van der Waals surface area contributed by atoms with E-state index in [2.05, 4.69) is 17.1 Å². The van der Waals surface area contributed by atoms with Crippen LogP contribution < -0.4 is 14.8 Å². The van der Waals surface area contributed by atoms with Crippen molar-refractivity contribution in [3.63, 3.8) is 0 Å². The molecule has 1 N–H and O–H groups in total. The number of halogens is 2. The topological polar surface area (TPSA) is 67.9 Å². The van der Waals surface area contributed by atoms with Gasteiger partial charge in [-0.25, -0.2) is 0 Å². The van der Waals surface area contributed by atoms with E-state index in [0.29, 0.717) is 25.8 Å². The van der Waals surface area contributed by atoms with Crippen molar-refractivity contribution < 1.29 is 19.1 Å². The summed E-state index contributed by atoms with van der Waals surface area (Å²) in [6.45, 7) is 10.4. The standard InChI is InChI=1S/C23H34Cl2N2O4/c1-6-23(7-2,8-3)22(29)31-20-17(25)13-16(24)19(30-5)18(20)21(28)26-14-15-11-10-12-27(15)9-4/h13,15H,6-12,14H2,1-5H3,(H,26,28)/t15-/m0/s1. The van der Waals surface area contributed by atoms with Crippen LogP contribution in [0.3, 0.4) is 0 Å². The molecule has 1 fully saturated rings. The molecule has 0 aliphatic carbocycles. The molecule has 8 heteroatoms. The number of ether oxygens (including phenoxy) is 2. The summed E-state index contributed by atoms with van der Waals surface area (Å²) in [6, 6.07) is 1.70. The molecule has 1 amide bonds. The van der Waals surface area contributed by atoms with Crippen molar-refractivity contribution in [2.24, 2.45) is 5.41 Å². The minimum atomic E-state index is -0.643. The molecule has 1 aliphatic rings. The molecular formula is C23H34Cl2N2O4. The smallest absolute Gasteiger partial charge is 0.317 e. The molecule has 0 aromatic heterocycles. The van der Waals surface area contributed by atoms with Crippen molar-refractivity contribution in [1.29, 1.82) is 0 Å². The van der Waals surface area contributed by atoms with Crippen LogP contribution in [0.25, 0.3) is 0 Å². The predicted octanol–water partition coefficient (Wildman–Crippen LogP) is 5.34. The maximum Gasteiger partial charge on any atom is 0.317 e. The molecule has 1 heterocycles. The van der Waals surface area contributed by atoms with Crippen molar-refractivity contribution in [2.45, 2.75) is 65.8 Å². The fourth-order valence-corrected chi connectivity index (χ4v) is 4.89. The van der Waals surface area contributed by atoms with Crippen molar-refractivity contribution in [1.82, 2.24) is 10.2 Å². The molecule has 174 valence electrons. The monoisotopic (exact) mass is 472 g/mol. The lowest BCUT2D eigenvalue weighted by Gasteiger charge is -2.28. The highest BCUT2D eigenvalue weighted by Crippen LogP contribution is 2.43. The van der Waals surface area contributed by atoms with Crippen LogP contribution in [0.4, 0.5) is 0 Å². The first-order valence-electron chi connectivity index (χ1n) is 11.1. The van der Waals surface area contributed by atoms with E-state index in [1.807, 2.05) is 20.8 Å². The van der Waals surface area contributed by atoms with Gasteiger partial charge in [-0.2, -0.15) is 0 Å². The van der Waals surface area contributed by atoms with Crippen molar-refractivity contribution in [3.05, 3.63) is 21.7 Å². The number of likely N-dealkylation sites (tertiary alicyclic amines) is 1. The number of hydrogen-bond acceptors (Lipinski definition) is 5. The molecule has 1 aliphatic heterocycles. The van der Waals surface area contributed by atoms with Gasteiger partial charge in [0.2, 0.25) is 0 Å². The van der Waals surface area contributed by atoms with E-state index >= 15 is 0 Å². The molecule has 0 saturated carbocycles. The van der Waals surface area contributed by atoms with E-state index in [1.165, 1.54) is 13.2 Å². The Kier molecular flexibility index (Phi) is 9.46. The number of amides is 1. The number of rotatable bonds is 10. The first kappa shape index (κ1) is 25.8. The maximum absolute atomic E-state index is 13.2. The molecule has 1 aromatic carbocycles. The Bertz CT molecular complexity index is 788. The van der Waals surface area contributed by atoms with Crippen molar-refractivity contribution in [2.75, 3.05) is 26.7 Å². The van der Waals surface area contributed by atoms with Crippen LogP contribution in [0.1, 0.15) is 70.2 Å². The van der Waals surface area contributed by atoms with Crippen LogP contribution in [-0.2, 0) is 4.79 Å². The van der Waals surface area contributed by atoms with Gasteiger partial charge in [0.1, 0.15) is 5.56 Å². The summed E-state index contributed by atoms with van der Waals surface area (Å²) in [6.07, 6.45) is 4.00. The fourth-order valence-electron chi connectivity index (χ4n) is 4.32. The summed E-state index contributed by atoms with van der Waals surface area (Å²) in [4.78, 5) is 28.7. The molecule has 0 bridgehead atoms. The number of nitrogens with zero attached hydrogens (tertiary/aromatic N) is 1. The lowest BCUT2D eigenvalue weighted by Crippen LogP contribution is -2.40. The van der Waals surface area contributed by atoms with E-state index in [9.17, 15) is 9.59 Å². The third-order valence-electron chi connectivity index (χ3n) is 6.63. The lowest BCUT2D eigenvalue weighted by atomic mass is 9.80. The summed E-state index contributed by atoms with van der Waals surface area (Å²) < 4.78 is 11.2. The lowest BCUT2D eigenvalue weighted by molar-refractivity contribution is -0.146. The summed E-state index contributed by atoms with van der Waals surface area (Å²) in [5.74, 6) is -0.709. The largest absolute Gasteiger partial charge is 0.494 e. The van der Waals surface area contributed by atoms with Gasteiger partial charge < -0.3 is 14.8 Å². The van der Waals surface area contributed by atoms with Crippen molar-refractivity contribution in [3.8, 4) is 11.5 Å². The van der Waals surface area contributed by atoms with E-state index in [0.717, 1.165) is 25.9 Å². The quantitative estimate of drug-likeness (QED) is 0.367. The average Bonchev–Trinajstić information content (AvgIpc) is 3.22. The van der Waals surface area contributed by atoms with E-state index in [-0.39, 0.29) is 33.1 Å². The van der Waals surface area contributed by atoms with E-state index in [1.54, 1.807) is 0 Å². The second-order valence-electron chi connectivity index (χ2n) is 7.94. The number of methoxy groups -OCH3 is 1. The van der Waals surface area contributed by atoms with Crippen LogP contribution in [0, 0.1) is 5.41 Å². The van der Waals surface area contributed by atoms with Crippen LogP contribution in [-0.4, -0.2) is 49.6 Å². The molecule has 2 rings (SSSR count). The highest BCUT2D eigenvalue weighted by atomic mass is 35.5. The fraction of sp³-hybridized carbons (Fsp3) is 0.652. The summed E-state index contributed by atoms with van der Waals surface area (Å²) in [5.41, 5.74) is -0.596. The SMILES string of the molecule is CCN1CCC[C@H]1CNC(=O)c1c(OC)c(Cl)cc(Cl)c1OC(=O)C(CC)(CC)CC. The number of hydrogen-bond donors (Lipinski definition) is 1. The molecular weight excluding hydrogens is 439 g/mol. The summed E-state index contributed by atoms with van der Waals surface area (Å²) in [5, 5.41) is 3.24. The number of benzene rings is 1. The van der Waals surface area contributed by atoms with Gasteiger partial charge in [-0.15, -0.1) is 0 Å². The Morgan fingerprint density at radius 2 is 1.74 bits per heavy atom. The average molecular weight is 473 g/mol. The minimum Gasteiger partial charge on any atom is -0.494 e. The summed E-state index contributed by atoms with van der Waals surface area (Å²) in [7, 11) is 1.42. The zero-order chi connectivity index (χ0) is 23.2. The van der Waals surface area contributed by atoms with Gasteiger partial charge in [0.05, 0.1) is 22.6 Å². The second kappa shape index (κ2) is 11.4. The van der Waals surface area contributed by atoms with E-state index in [4.69, 9.17) is 32.7 Å². The molecule has 1 saturated heterocycles. The van der Waals surface area contributed by atoms with Gasteiger partial charge in [0.15, 0.2) is 11.5 Å². The number of carbonyl (C=O) groups excluding carboxylic acids is 2. The zero-order valence-corrected chi connectivity index (χ0v) is 20.7. The highest BCUT2D eigenvalue weighted by Gasteiger charge is 2.37. The predicted molar refractivity (Wildman–Crippen MR) is 125 cm³/mol. The Balaban J connectivity index is 2.38. The second-order valence-corrected chi connectivity index (χ2v) is 8.76. The van der Waals surface area contributed by atoms with Gasteiger partial charge in [-0.3, -0.25) is 14.5 Å². The van der Waals surface area contributed by atoms with Gasteiger partial charge in [-0.05, 0) is 51.3 Å². The molecule has 0 radical (unpaired) electrons. The third-order valence-corrected chi connectivity index (χ3v) is 7.20. The molecule has 31 heavy (non-hydrogen) atoms. The Labute approximate surface area is 195 Å². The number of carbonyl (C=O) groups is 2. The van der Waals surface area contributed by atoms with Crippen LogP contribution in [0.5, 0.6) is 11.5 Å². The number of esters is 1. The normalized spacial score (nSPS) is 16.9. The zero-order valence-electron chi connectivity index (χ0n) is 19.1. The first-order valence-corrected chi connectivity index (χ1v) is 11.8. The molecule has 0 unspecified atom stereocenters. The summed E-state index contributed by atoms with van der Waals surface area (Å²) >= 11 is 12.7. The Hall–Kier alpha value is -1.50. The van der Waals surface area contributed by atoms with Crippen LogP contribution in [0.2, 0.25) is 10.0 Å². The molecule has 6 nitrogen and oxygen atoms in total. The molecule has 0 spiro atoms. The van der Waals surface area contributed by atoms with Gasteiger partial charge in [0.25, 0.3) is 5.91 Å². The van der Waals surface area contributed by atoms with Gasteiger partial charge >= 0.3 is 5.97 Å². The minimum absolute atomic E-state index is 0.0103. The van der Waals surface area contributed by atoms with Gasteiger partial charge in [-0.1, -0.05) is 50.9 Å². The molecule has 1 aromatic rings. The number of nitrogens with one attached hydrogen (secondary N) is 1. The maximum atomic E-state index is 13.2. The highest BCUT2D eigenvalue weighted by molar-refractivity contribution is 6.37. The Morgan fingerprint density at radius 3 is 2.29 bits per heavy atom. The van der Waals surface area contributed by atoms with Crippen LogP contribution in [0.15, 0.2) is 6.07 Å².